The second-order valence-electron chi connectivity index (χ2n) is 4.17. The summed E-state index contributed by atoms with van der Waals surface area (Å²) in [6, 6.07) is 6.14. The summed E-state index contributed by atoms with van der Waals surface area (Å²) >= 11 is 0. The Balaban J connectivity index is 2.22. The first-order valence-corrected chi connectivity index (χ1v) is 5.40. The van der Waals surface area contributed by atoms with Crippen LogP contribution in [-0.2, 0) is 5.60 Å². The van der Waals surface area contributed by atoms with Crippen molar-refractivity contribution in [2.24, 2.45) is 0 Å². The molecule has 0 aliphatic carbocycles. The smallest absolute Gasteiger partial charge is 0.123 e. The maximum absolute atomic E-state index is 12.8. The number of β-amino-alcohol motifs (C(OH)–C–C–N with tert-alkyl or cyclic N) is 1. The maximum atomic E-state index is 12.8. The highest BCUT2D eigenvalue weighted by Crippen LogP contribution is 2.28. The summed E-state index contributed by atoms with van der Waals surface area (Å²) in [4.78, 5) is 0. The molecule has 1 fully saturated rings. The number of aliphatic hydroxyl groups is 1. The first-order valence-electron chi connectivity index (χ1n) is 5.40. The molecule has 0 aromatic heterocycles. The molecule has 1 aromatic rings. The fraction of sp³-hybridized carbons (Fsp3) is 0.500. The first kappa shape index (κ1) is 10.6. The lowest BCUT2D eigenvalue weighted by Gasteiger charge is -2.27. The van der Waals surface area contributed by atoms with Gasteiger partial charge in [-0.05, 0) is 43.5 Å². The van der Waals surface area contributed by atoms with Gasteiger partial charge in [0.15, 0.2) is 0 Å². The average molecular weight is 209 g/mol. The molecule has 2 nitrogen and oxygen atoms in total. The molecule has 1 saturated heterocycles. The molecule has 1 aliphatic rings. The minimum Gasteiger partial charge on any atom is -0.384 e. The topological polar surface area (TPSA) is 32.3 Å². The SMILES string of the molecule is OC1(c2ccc(F)cc2)CCCCNC1. The standard InChI is InChI=1S/C12H16FNO/c13-11-5-3-10(4-6-11)12(15)7-1-2-8-14-9-12/h3-6,14-15H,1-2,7-9H2. The molecule has 2 rings (SSSR count). The highest BCUT2D eigenvalue weighted by molar-refractivity contribution is 5.23. The van der Waals surface area contributed by atoms with Crippen LogP contribution in [0.3, 0.4) is 0 Å². The molecule has 1 atom stereocenters. The molecular weight excluding hydrogens is 193 g/mol. The van der Waals surface area contributed by atoms with Crippen LogP contribution in [0.5, 0.6) is 0 Å². The highest BCUT2D eigenvalue weighted by Gasteiger charge is 2.29. The third-order valence-electron chi connectivity index (χ3n) is 2.99. The van der Waals surface area contributed by atoms with Crippen molar-refractivity contribution in [3.63, 3.8) is 0 Å². The molecule has 1 heterocycles. The molecule has 0 bridgehead atoms. The Morgan fingerprint density at radius 3 is 2.67 bits per heavy atom. The molecule has 1 unspecified atom stereocenters. The van der Waals surface area contributed by atoms with Crippen LogP contribution in [0.25, 0.3) is 0 Å². The van der Waals surface area contributed by atoms with E-state index in [9.17, 15) is 9.50 Å². The van der Waals surface area contributed by atoms with E-state index in [-0.39, 0.29) is 5.82 Å². The van der Waals surface area contributed by atoms with Crippen molar-refractivity contribution in [2.45, 2.75) is 24.9 Å². The molecule has 0 saturated carbocycles. The summed E-state index contributed by atoms with van der Waals surface area (Å²) < 4.78 is 12.8. The van der Waals surface area contributed by atoms with Gasteiger partial charge in [0.1, 0.15) is 11.4 Å². The van der Waals surface area contributed by atoms with E-state index >= 15 is 0 Å². The van der Waals surface area contributed by atoms with E-state index in [1.165, 1.54) is 12.1 Å². The summed E-state index contributed by atoms with van der Waals surface area (Å²) in [6.45, 7) is 1.50. The molecule has 15 heavy (non-hydrogen) atoms. The predicted octanol–water partition coefficient (Wildman–Crippen LogP) is 1.79. The zero-order valence-corrected chi connectivity index (χ0v) is 8.67. The van der Waals surface area contributed by atoms with Crippen LogP contribution in [0.4, 0.5) is 4.39 Å². The maximum Gasteiger partial charge on any atom is 0.123 e. The monoisotopic (exact) mass is 209 g/mol. The fourth-order valence-electron chi connectivity index (χ4n) is 2.06. The number of hydrogen-bond acceptors (Lipinski definition) is 2. The zero-order chi connectivity index (χ0) is 10.7. The fourth-order valence-corrected chi connectivity index (χ4v) is 2.06. The predicted molar refractivity (Wildman–Crippen MR) is 57.0 cm³/mol. The van der Waals surface area contributed by atoms with E-state index in [2.05, 4.69) is 5.32 Å². The van der Waals surface area contributed by atoms with Crippen molar-refractivity contribution >= 4 is 0 Å². The molecule has 0 amide bonds. The Hall–Kier alpha value is -0.930. The second kappa shape index (κ2) is 4.29. The molecule has 2 N–H and O–H groups in total. The largest absolute Gasteiger partial charge is 0.384 e. The number of benzene rings is 1. The van der Waals surface area contributed by atoms with Crippen molar-refractivity contribution in [1.82, 2.24) is 5.32 Å². The summed E-state index contributed by atoms with van der Waals surface area (Å²) in [6.07, 6.45) is 2.83. The average Bonchev–Trinajstić information content (AvgIpc) is 2.45. The minimum absolute atomic E-state index is 0.260. The van der Waals surface area contributed by atoms with Gasteiger partial charge in [-0.3, -0.25) is 0 Å². The van der Waals surface area contributed by atoms with E-state index < -0.39 is 5.60 Å². The molecule has 1 aromatic carbocycles. The van der Waals surface area contributed by atoms with Crippen LogP contribution < -0.4 is 5.32 Å². The molecule has 1 aliphatic heterocycles. The normalized spacial score (nSPS) is 27.3. The molecular formula is C12H16FNO. The van der Waals surface area contributed by atoms with Gasteiger partial charge in [0.2, 0.25) is 0 Å². The number of hydrogen-bond donors (Lipinski definition) is 2. The lowest BCUT2D eigenvalue weighted by Crippen LogP contribution is -2.36. The summed E-state index contributed by atoms with van der Waals surface area (Å²) in [5.74, 6) is -0.260. The Bertz CT molecular complexity index is 315. The zero-order valence-electron chi connectivity index (χ0n) is 8.67. The summed E-state index contributed by atoms with van der Waals surface area (Å²) in [7, 11) is 0. The second-order valence-corrected chi connectivity index (χ2v) is 4.17. The van der Waals surface area contributed by atoms with E-state index in [0.29, 0.717) is 6.54 Å². The van der Waals surface area contributed by atoms with Crippen molar-refractivity contribution in [3.05, 3.63) is 35.6 Å². The van der Waals surface area contributed by atoms with Gasteiger partial charge in [-0.25, -0.2) is 4.39 Å². The highest BCUT2D eigenvalue weighted by atomic mass is 19.1. The van der Waals surface area contributed by atoms with Crippen LogP contribution in [0.15, 0.2) is 24.3 Å². The van der Waals surface area contributed by atoms with Gasteiger partial charge in [-0.1, -0.05) is 12.1 Å². The first-order chi connectivity index (χ1) is 7.21. The molecule has 82 valence electrons. The van der Waals surface area contributed by atoms with Crippen molar-refractivity contribution in [3.8, 4) is 0 Å². The van der Waals surface area contributed by atoms with E-state index in [4.69, 9.17) is 0 Å². The summed E-state index contributed by atoms with van der Waals surface area (Å²) in [5, 5.41) is 13.6. The number of halogens is 1. The van der Waals surface area contributed by atoms with Gasteiger partial charge in [-0.15, -0.1) is 0 Å². The third-order valence-corrected chi connectivity index (χ3v) is 2.99. The molecule has 0 spiro atoms. The van der Waals surface area contributed by atoms with Crippen LogP contribution in [-0.4, -0.2) is 18.2 Å². The Morgan fingerprint density at radius 1 is 1.20 bits per heavy atom. The molecule has 3 heteroatoms. The van der Waals surface area contributed by atoms with Crippen molar-refractivity contribution < 1.29 is 9.50 Å². The third kappa shape index (κ3) is 2.36. The van der Waals surface area contributed by atoms with Crippen molar-refractivity contribution in [1.29, 1.82) is 0 Å². The summed E-state index contributed by atoms with van der Waals surface area (Å²) in [5.41, 5.74) is -0.0252. The Morgan fingerprint density at radius 2 is 1.93 bits per heavy atom. The van der Waals surface area contributed by atoms with Gasteiger partial charge in [0, 0.05) is 6.54 Å². The van der Waals surface area contributed by atoms with Crippen LogP contribution in [0.2, 0.25) is 0 Å². The van der Waals surface area contributed by atoms with Crippen molar-refractivity contribution in [2.75, 3.05) is 13.1 Å². The van der Waals surface area contributed by atoms with Crippen LogP contribution in [0, 0.1) is 5.82 Å². The van der Waals surface area contributed by atoms with Gasteiger partial charge < -0.3 is 10.4 Å². The number of rotatable bonds is 1. The Labute approximate surface area is 89.1 Å². The number of nitrogens with one attached hydrogen (secondary N) is 1. The molecule has 0 radical (unpaired) electrons. The lowest BCUT2D eigenvalue weighted by atomic mass is 9.89. The minimum atomic E-state index is -0.829. The lowest BCUT2D eigenvalue weighted by molar-refractivity contribution is 0.0326. The van der Waals surface area contributed by atoms with Crippen LogP contribution >= 0.6 is 0 Å². The van der Waals surface area contributed by atoms with Gasteiger partial charge in [0.05, 0.1) is 0 Å². The Kier molecular flexibility index (Phi) is 3.03. The van der Waals surface area contributed by atoms with Gasteiger partial charge in [0.25, 0.3) is 0 Å². The quantitative estimate of drug-likeness (QED) is 0.739. The van der Waals surface area contributed by atoms with Crippen LogP contribution in [0.1, 0.15) is 24.8 Å². The van der Waals surface area contributed by atoms with E-state index in [1.54, 1.807) is 12.1 Å². The van der Waals surface area contributed by atoms with E-state index in [0.717, 1.165) is 31.4 Å². The van der Waals surface area contributed by atoms with Gasteiger partial charge in [-0.2, -0.15) is 0 Å². The van der Waals surface area contributed by atoms with Gasteiger partial charge >= 0.3 is 0 Å². The van der Waals surface area contributed by atoms with E-state index in [1.807, 2.05) is 0 Å².